The largest absolute Gasteiger partial charge is 0.363 e. The third-order valence-electron chi connectivity index (χ3n) is 4.77. The van der Waals surface area contributed by atoms with E-state index < -0.39 is 0 Å². The second-order valence-corrected chi connectivity index (χ2v) is 6.72. The van der Waals surface area contributed by atoms with Gasteiger partial charge in [-0.3, -0.25) is 5.10 Å². The summed E-state index contributed by atoms with van der Waals surface area (Å²) >= 11 is 0. The van der Waals surface area contributed by atoms with Crippen molar-refractivity contribution in [2.45, 2.75) is 38.6 Å². The minimum Gasteiger partial charge on any atom is -0.363 e. The number of aryl methyl sites for hydroxylation is 1. The molecule has 0 bridgehead atoms. The molecule has 1 aliphatic carbocycles. The van der Waals surface area contributed by atoms with Crippen molar-refractivity contribution in [1.29, 1.82) is 0 Å². The van der Waals surface area contributed by atoms with Crippen molar-refractivity contribution >= 4 is 5.82 Å². The number of fused-ring (bicyclic) bond motifs is 1. The lowest BCUT2D eigenvalue weighted by Crippen LogP contribution is -2.08. The Bertz CT molecular complexity index is 850. The molecule has 0 spiro atoms. The second-order valence-electron chi connectivity index (χ2n) is 6.72. The van der Waals surface area contributed by atoms with Gasteiger partial charge in [0.2, 0.25) is 0 Å². The molecule has 0 amide bonds. The first kappa shape index (κ1) is 14.9. The van der Waals surface area contributed by atoms with E-state index in [0.717, 1.165) is 29.8 Å². The zero-order valence-electron chi connectivity index (χ0n) is 14.1. The highest BCUT2D eigenvalue weighted by Crippen LogP contribution is 2.34. The molecule has 0 fully saturated rings. The van der Waals surface area contributed by atoms with Crippen LogP contribution in [-0.4, -0.2) is 15.2 Å². The van der Waals surface area contributed by atoms with Crippen LogP contribution < -0.4 is 5.32 Å². The molecule has 1 aliphatic rings. The van der Waals surface area contributed by atoms with Gasteiger partial charge in [0.05, 0.1) is 12.2 Å². The van der Waals surface area contributed by atoms with Crippen molar-refractivity contribution in [3.8, 4) is 11.1 Å². The number of hydrogen-bond acceptors (Lipinski definition) is 3. The molecular formula is C20H22N4. The van der Waals surface area contributed by atoms with Gasteiger partial charge in [0.1, 0.15) is 5.82 Å². The summed E-state index contributed by atoms with van der Waals surface area (Å²) in [6.07, 6.45) is 6.02. The molecule has 4 nitrogen and oxygen atoms in total. The van der Waals surface area contributed by atoms with Crippen LogP contribution in [0, 0.1) is 0 Å². The first-order chi connectivity index (χ1) is 11.7. The number of H-pyrrole nitrogens is 1. The lowest BCUT2D eigenvalue weighted by molar-refractivity contribution is 0.757. The van der Waals surface area contributed by atoms with Gasteiger partial charge in [-0.15, -0.1) is 0 Å². The highest BCUT2D eigenvalue weighted by molar-refractivity contribution is 5.68. The molecule has 4 rings (SSSR count). The van der Waals surface area contributed by atoms with Crippen LogP contribution in [0.3, 0.4) is 0 Å². The van der Waals surface area contributed by atoms with Crippen molar-refractivity contribution in [3.05, 3.63) is 65.6 Å². The van der Waals surface area contributed by atoms with Crippen LogP contribution in [0.25, 0.3) is 11.1 Å². The summed E-state index contributed by atoms with van der Waals surface area (Å²) in [6, 6.07) is 13.2. The van der Waals surface area contributed by atoms with Gasteiger partial charge in [0.25, 0.3) is 0 Å². The molecule has 0 aliphatic heterocycles. The second kappa shape index (κ2) is 6.11. The van der Waals surface area contributed by atoms with Gasteiger partial charge in [-0.2, -0.15) is 5.10 Å². The topological polar surface area (TPSA) is 53.6 Å². The Labute approximate surface area is 142 Å². The Kier molecular flexibility index (Phi) is 3.81. The van der Waals surface area contributed by atoms with Gasteiger partial charge in [-0.1, -0.05) is 38.1 Å². The molecule has 2 heterocycles. The molecule has 1 unspecified atom stereocenters. The van der Waals surface area contributed by atoms with Crippen LogP contribution in [0.4, 0.5) is 5.82 Å². The molecule has 3 aromatic rings. The Morgan fingerprint density at radius 2 is 2.08 bits per heavy atom. The molecule has 24 heavy (non-hydrogen) atoms. The fourth-order valence-corrected chi connectivity index (χ4v) is 3.53. The Hall–Kier alpha value is -2.62. The summed E-state index contributed by atoms with van der Waals surface area (Å²) in [6.45, 7) is 4.35. The van der Waals surface area contributed by atoms with Gasteiger partial charge in [-0.25, -0.2) is 4.98 Å². The number of rotatable bonds is 4. The molecule has 0 saturated carbocycles. The van der Waals surface area contributed by atoms with Crippen LogP contribution in [0.5, 0.6) is 0 Å². The van der Waals surface area contributed by atoms with Crippen LogP contribution >= 0.6 is 0 Å². The molecule has 2 N–H and O–H groups in total. The maximum atomic E-state index is 4.52. The number of aromatic nitrogens is 3. The number of benzene rings is 1. The number of nitrogens with one attached hydrogen (secondary N) is 2. The highest BCUT2D eigenvalue weighted by Gasteiger charge is 2.22. The smallest absolute Gasteiger partial charge is 0.126 e. The fraction of sp³-hybridized carbons (Fsp3) is 0.300. The van der Waals surface area contributed by atoms with Crippen molar-refractivity contribution < 1.29 is 0 Å². The zero-order valence-corrected chi connectivity index (χ0v) is 14.1. The van der Waals surface area contributed by atoms with Gasteiger partial charge in [-0.05, 0) is 47.6 Å². The van der Waals surface area contributed by atoms with Crippen molar-refractivity contribution in [2.24, 2.45) is 0 Å². The summed E-state index contributed by atoms with van der Waals surface area (Å²) in [5, 5.41) is 10.9. The maximum absolute atomic E-state index is 4.52. The number of nitrogens with zero attached hydrogens (tertiary/aromatic N) is 2. The van der Waals surface area contributed by atoms with Gasteiger partial charge in [0, 0.05) is 17.5 Å². The molecule has 122 valence electrons. The normalized spacial score (nSPS) is 16.4. The average molecular weight is 318 g/mol. The molecule has 1 aromatic carbocycles. The minimum absolute atomic E-state index is 0.345. The van der Waals surface area contributed by atoms with E-state index in [9.17, 15) is 0 Å². The summed E-state index contributed by atoms with van der Waals surface area (Å²) in [5.74, 6) is 1.33. The molecule has 0 saturated heterocycles. The van der Waals surface area contributed by atoms with Crippen molar-refractivity contribution in [3.63, 3.8) is 0 Å². The van der Waals surface area contributed by atoms with Crippen LogP contribution in [-0.2, 0) is 6.42 Å². The summed E-state index contributed by atoms with van der Waals surface area (Å²) in [4.78, 5) is 4.52. The summed E-state index contributed by atoms with van der Waals surface area (Å²) in [5.41, 5.74) is 6.32. The predicted molar refractivity (Wildman–Crippen MR) is 97.0 cm³/mol. The first-order valence-corrected chi connectivity index (χ1v) is 8.56. The third-order valence-corrected chi connectivity index (χ3v) is 4.77. The Morgan fingerprint density at radius 1 is 1.21 bits per heavy atom. The quantitative estimate of drug-likeness (QED) is 0.733. The molecule has 4 heteroatoms. The van der Waals surface area contributed by atoms with E-state index in [1.807, 2.05) is 18.5 Å². The maximum Gasteiger partial charge on any atom is 0.126 e. The average Bonchev–Trinajstić information content (AvgIpc) is 3.23. The number of aromatic amines is 1. The van der Waals surface area contributed by atoms with Crippen LogP contribution in [0.2, 0.25) is 0 Å². The van der Waals surface area contributed by atoms with E-state index in [1.165, 1.54) is 16.8 Å². The monoisotopic (exact) mass is 318 g/mol. The standard InChI is InChI=1S/C20H22N4/c1-13(2)20-17(12-22-24-20)15-9-10-21-19(11-15)23-18-8-7-14-5-3-4-6-16(14)18/h3-6,9-13,18H,7-8H2,1-2H3,(H,21,23)(H,22,24). The lowest BCUT2D eigenvalue weighted by Gasteiger charge is -2.15. The fourth-order valence-electron chi connectivity index (χ4n) is 3.53. The summed E-state index contributed by atoms with van der Waals surface area (Å²) < 4.78 is 0. The van der Waals surface area contributed by atoms with Gasteiger partial charge < -0.3 is 5.32 Å². The number of hydrogen-bond donors (Lipinski definition) is 2. The van der Waals surface area contributed by atoms with E-state index in [2.05, 4.69) is 64.7 Å². The number of anilines is 1. The van der Waals surface area contributed by atoms with Crippen molar-refractivity contribution in [2.75, 3.05) is 5.32 Å². The van der Waals surface area contributed by atoms with Crippen molar-refractivity contribution in [1.82, 2.24) is 15.2 Å². The molecule has 0 radical (unpaired) electrons. The molecule has 2 aromatic heterocycles. The molecular weight excluding hydrogens is 296 g/mol. The SMILES string of the molecule is CC(C)c1[nH]ncc1-c1ccnc(NC2CCc3ccccc32)c1. The zero-order chi connectivity index (χ0) is 16.5. The summed E-state index contributed by atoms with van der Waals surface area (Å²) in [7, 11) is 0. The lowest BCUT2D eigenvalue weighted by atomic mass is 10.0. The van der Waals surface area contributed by atoms with Gasteiger partial charge in [0.15, 0.2) is 0 Å². The van der Waals surface area contributed by atoms with Crippen LogP contribution in [0.1, 0.15) is 49.0 Å². The highest BCUT2D eigenvalue weighted by atomic mass is 15.1. The third kappa shape index (κ3) is 2.68. The van der Waals surface area contributed by atoms with E-state index in [0.29, 0.717) is 12.0 Å². The number of pyridine rings is 1. The molecule has 1 atom stereocenters. The van der Waals surface area contributed by atoms with E-state index in [4.69, 9.17) is 0 Å². The Morgan fingerprint density at radius 3 is 2.96 bits per heavy atom. The minimum atomic E-state index is 0.345. The van der Waals surface area contributed by atoms with E-state index in [-0.39, 0.29) is 0 Å². The van der Waals surface area contributed by atoms with E-state index >= 15 is 0 Å². The first-order valence-electron chi connectivity index (χ1n) is 8.56. The van der Waals surface area contributed by atoms with Crippen LogP contribution in [0.15, 0.2) is 48.8 Å². The van der Waals surface area contributed by atoms with E-state index in [1.54, 1.807) is 0 Å². The predicted octanol–water partition coefficient (Wildman–Crippen LogP) is 4.69. The van der Waals surface area contributed by atoms with Gasteiger partial charge >= 0.3 is 0 Å². The Balaban J connectivity index is 1.61.